The highest BCUT2D eigenvalue weighted by Crippen LogP contribution is 2.35. The van der Waals surface area contributed by atoms with Gasteiger partial charge < -0.3 is 28.9 Å². The number of anilines is 2. The van der Waals surface area contributed by atoms with Gasteiger partial charge in [0.25, 0.3) is 0 Å². The maximum atomic E-state index is 12.5. The zero-order valence-corrected chi connectivity index (χ0v) is 16.8. The summed E-state index contributed by atoms with van der Waals surface area (Å²) in [7, 11) is 2.52. The molecule has 0 aromatic heterocycles. The molecule has 1 fully saturated rings. The van der Waals surface area contributed by atoms with Gasteiger partial charge in [-0.3, -0.25) is 4.79 Å². The molecule has 0 radical (unpaired) electrons. The fraction of sp³-hybridized carbons (Fsp3) is 0.450. The maximum Gasteiger partial charge on any atom is 0.355 e. The van der Waals surface area contributed by atoms with Crippen LogP contribution in [-0.2, 0) is 28.6 Å². The highest BCUT2D eigenvalue weighted by Gasteiger charge is 2.34. The van der Waals surface area contributed by atoms with Crippen molar-refractivity contribution < 1.29 is 28.6 Å². The predicted octanol–water partition coefficient (Wildman–Crippen LogP) is 0.749. The van der Waals surface area contributed by atoms with Gasteiger partial charge in [-0.15, -0.1) is 0 Å². The van der Waals surface area contributed by atoms with Crippen molar-refractivity contribution in [3.8, 4) is 0 Å². The topological polar surface area (TPSA) is 88.6 Å². The lowest BCUT2D eigenvalue weighted by molar-refractivity contribution is -0.140. The van der Waals surface area contributed by atoms with Crippen molar-refractivity contribution in [3.05, 3.63) is 35.5 Å². The summed E-state index contributed by atoms with van der Waals surface area (Å²) >= 11 is 0. The normalized spacial score (nSPS) is 17.3. The van der Waals surface area contributed by atoms with Gasteiger partial charge in [0.05, 0.1) is 37.8 Å². The summed E-state index contributed by atoms with van der Waals surface area (Å²) in [6.07, 6.45) is 0. The van der Waals surface area contributed by atoms with Gasteiger partial charge in [0, 0.05) is 33.1 Å². The zero-order chi connectivity index (χ0) is 21.0. The van der Waals surface area contributed by atoms with Crippen LogP contribution in [0, 0.1) is 0 Å². The lowest BCUT2D eigenvalue weighted by Crippen LogP contribution is -2.48. The number of para-hydroxylation sites is 2. The molecule has 1 saturated heterocycles. The first-order valence-electron chi connectivity index (χ1n) is 9.32. The molecule has 0 aliphatic carbocycles. The third-order valence-corrected chi connectivity index (χ3v) is 5.07. The molecule has 1 aromatic carbocycles. The molecular formula is C20H25N3O6. The second-order valence-electron chi connectivity index (χ2n) is 6.70. The summed E-state index contributed by atoms with van der Waals surface area (Å²) in [5, 5.41) is 0. The van der Waals surface area contributed by atoms with Crippen LogP contribution in [0.15, 0.2) is 35.5 Å². The Kier molecular flexibility index (Phi) is 6.38. The average molecular weight is 403 g/mol. The number of hydrogen-bond donors (Lipinski definition) is 0. The van der Waals surface area contributed by atoms with Crippen LogP contribution in [0.4, 0.5) is 11.4 Å². The number of carbonyl (C=O) groups is 3. The van der Waals surface area contributed by atoms with Crippen molar-refractivity contribution in [2.24, 2.45) is 0 Å². The third-order valence-electron chi connectivity index (χ3n) is 5.07. The van der Waals surface area contributed by atoms with Crippen molar-refractivity contribution in [3.63, 3.8) is 0 Å². The van der Waals surface area contributed by atoms with Crippen LogP contribution in [0.1, 0.15) is 6.92 Å². The second kappa shape index (κ2) is 8.95. The predicted molar refractivity (Wildman–Crippen MR) is 105 cm³/mol. The first kappa shape index (κ1) is 20.7. The van der Waals surface area contributed by atoms with E-state index >= 15 is 0 Å². The van der Waals surface area contributed by atoms with E-state index in [9.17, 15) is 14.4 Å². The van der Waals surface area contributed by atoms with Crippen LogP contribution < -0.4 is 9.80 Å². The Morgan fingerprint density at radius 1 is 0.931 bits per heavy atom. The monoisotopic (exact) mass is 403 g/mol. The number of methoxy groups -OCH3 is 2. The zero-order valence-electron chi connectivity index (χ0n) is 16.8. The van der Waals surface area contributed by atoms with Crippen molar-refractivity contribution in [2.45, 2.75) is 6.92 Å². The molecule has 0 spiro atoms. The van der Waals surface area contributed by atoms with Crippen molar-refractivity contribution >= 4 is 29.2 Å². The second-order valence-corrected chi connectivity index (χ2v) is 6.70. The Hall–Kier alpha value is -3.07. The van der Waals surface area contributed by atoms with Gasteiger partial charge in [-0.2, -0.15) is 0 Å². The minimum absolute atomic E-state index is 0.0347. The third kappa shape index (κ3) is 4.19. The summed E-state index contributed by atoms with van der Waals surface area (Å²) in [5.74, 6) is -1.21. The Bertz CT molecular complexity index is 829. The summed E-state index contributed by atoms with van der Waals surface area (Å²) < 4.78 is 15.3. The van der Waals surface area contributed by atoms with Crippen LogP contribution in [0.5, 0.6) is 0 Å². The number of hydrogen-bond acceptors (Lipinski definition) is 8. The first-order valence-corrected chi connectivity index (χ1v) is 9.32. The quantitative estimate of drug-likeness (QED) is 0.681. The molecule has 9 nitrogen and oxygen atoms in total. The minimum Gasteiger partial charge on any atom is -0.466 e. The number of esters is 2. The smallest absolute Gasteiger partial charge is 0.355 e. The minimum atomic E-state index is -0.636. The number of rotatable bonds is 4. The SMILES string of the molecule is COC(=O)C1=C(C(=O)OC)N(c2ccccc2N2CCN(C(C)=O)CC2)COC1. The summed E-state index contributed by atoms with van der Waals surface area (Å²) in [6, 6.07) is 7.56. The lowest BCUT2D eigenvalue weighted by atomic mass is 10.1. The summed E-state index contributed by atoms with van der Waals surface area (Å²) in [4.78, 5) is 42.0. The van der Waals surface area contributed by atoms with E-state index in [2.05, 4.69) is 4.90 Å². The molecule has 1 aromatic rings. The van der Waals surface area contributed by atoms with E-state index < -0.39 is 11.9 Å². The average Bonchev–Trinajstić information content (AvgIpc) is 2.77. The Labute approximate surface area is 169 Å². The van der Waals surface area contributed by atoms with E-state index in [0.717, 1.165) is 5.69 Å². The van der Waals surface area contributed by atoms with E-state index in [-0.39, 0.29) is 30.5 Å². The highest BCUT2D eigenvalue weighted by atomic mass is 16.5. The Morgan fingerprint density at radius 2 is 1.55 bits per heavy atom. The largest absolute Gasteiger partial charge is 0.466 e. The number of benzene rings is 1. The number of amides is 1. The molecule has 1 amide bonds. The molecule has 156 valence electrons. The fourth-order valence-electron chi connectivity index (χ4n) is 3.56. The lowest BCUT2D eigenvalue weighted by Gasteiger charge is -2.39. The van der Waals surface area contributed by atoms with Crippen LogP contribution in [0.25, 0.3) is 0 Å². The van der Waals surface area contributed by atoms with Gasteiger partial charge in [0.15, 0.2) is 0 Å². The number of nitrogens with zero attached hydrogens (tertiary/aromatic N) is 3. The number of piperazine rings is 1. The van der Waals surface area contributed by atoms with E-state index in [4.69, 9.17) is 14.2 Å². The molecule has 0 atom stereocenters. The van der Waals surface area contributed by atoms with Crippen LogP contribution in [0.2, 0.25) is 0 Å². The van der Waals surface area contributed by atoms with Crippen molar-refractivity contribution in [1.82, 2.24) is 4.90 Å². The summed E-state index contributed by atoms with van der Waals surface area (Å²) in [6.45, 7) is 4.18. The summed E-state index contributed by atoms with van der Waals surface area (Å²) in [5.41, 5.74) is 1.82. The first-order chi connectivity index (χ1) is 14.0. The van der Waals surface area contributed by atoms with Gasteiger partial charge in [0.2, 0.25) is 5.91 Å². The molecule has 9 heteroatoms. The van der Waals surface area contributed by atoms with Gasteiger partial charge in [-0.25, -0.2) is 9.59 Å². The number of carbonyl (C=O) groups excluding carboxylic acids is 3. The van der Waals surface area contributed by atoms with Gasteiger partial charge in [0.1, 0.15) is 12.4 Å². The van der Waals surface area contributed by atoms with Crippen molar-refractivity contribution in [1.29, 1.82) is 0 Å². The molecule has 0 bridgehead atoms. The van der Waals surface area contributed by atoms with Crippen LogP contribution in [0.3, 0.4) is 0 Å². The van der Waals surface area contributed by atoms with E-state index in [1.54, 1.807) is 16.7 Å². The van der Waals surface area contributed by atoms with Crippen LogP contribution >= 0.6 is 0 Å². The van der Waals surface area contributed by atoms with Gasteiger partial charge >= 0.3 is 11.9 Å². The van der Waals surface area contributed by atoms with Gasteiger partial charge in [-0.05, 0) is 12.1 Å². The maximum absolute atomic E-state index is 12.5. The standard InChI is InChI=1S/C20H25N3O6/c1-14(24)21-8-10-22(11-9-21)16-6-4-5-7-17(16)23-13-29-12-15(19(25)27-2)18(23)20(26)28-3/h4-7H,8-13H2,1-3H3. The highest BCUT2D eigenvalue weighted by molar-refractivity contribution is 6.04. The molecule has 3 rings (SSSR count). The molecule has 2 heterocycles. The van der Waals surface area contributed by atoms with Gasteiger partial charge in [-0.1, -0.05) is 12.1 Å². The molecule has 2 aliphatic heterocycles. The number of ether oxygens (including phenoxy) is 3. The Morgan fingerprint density at radius 3 is 2.14 bits per heavy atom. The molecular weight excluding hydrogens is 378 g/mol. The fourth-order valence-corrected chi connectivity index (χ4v) is 3.56. The van der Waals surface area contributed by atoms with Crippen molar-refractivity contribution in [2.75, 3.05) is 63.5 Å². The molecule has 0 saturated carbocycles. The van der Waals surface area contributed by atoms with E-state index in [1.165, 1.54) is 14.2 Å². The van der Waals surface area contributed by atoms with E-state index in [0.29, 0.717) is 31.9 Å². The van der Waals surface area contributed by atoms with Crippen LogP contribution in [-0.4, -0.2) is 76.5 Å². The molecule has 0 unspecified atom stereocenters. The Balaban J connectivity index is 1.99. The molecule has 2 aliphatic rings. The molecule has 29 heavy (non-hydrogen) atoms. The van der Waals surface area contributed by atoms with E-state index in [1.807, 2.05) is 24.3 Å². The molecule has 0 N–H and O–H groups in total.